The third-order valence-electron chi connectivity index (χ3n) is 2.46. The van der Waals surface area contributed by atoms with E-state index in [1.807, 2.05) is 6.07 Å². The number of sulfonamides is 1. The van der Waals surface area contributed by atoms with Crippen LogP contribution in [0.2, 0.25) is 5.02 Å². The normalized spacial score (nSPS) is 11.6. The van der Waals surface area contributed by atoms with Crippen LogP contribution in [0.25, 0.3) is 0 Å². The smallest absolute Gasteiger partial charge is 0.216 e. The summed E-state index contributed by atoms with van der Waals surface area (Å²) in [6.07, 6.45) is 3.50. The molecule has 0 fully saturated rings. The molecule has 18 heavy (non-hydrogen) atoms. The second-order valence-electron chi connectivity index (χ2n) is 3.89. The highest BCUT2D eigenvalue weighted by molar-refractivity contribution is 7.88. The van der Waals surface area contributed by atoms with Gasteiger partial charge in [0.25, 0.3) is 0 Å². The van der Waals surface area contributed by atoms with Crippen molar-refractivity contribution in [1.82, 2.24) is 9.71 Å². The van der Waals surface area contributed by atoms with E-state index in [1.165, 1.54) is 0 Å². The minimum atomic E-state index is -3.38. The van der Waals surface area contributed by atoms with Crippen LogP contribution in [0.1, 0.15) is 11.1 Å². The summed E-state index contributed by atoms with van der Waals surface area (Å²) in [5, 5.41) is 0.463. The highest BCUT2D eigenvalue weighted by atomic mass is 35.5. The number of hydrogen-bond acceptors (Lipinski definition) is 2. The standard InChI is InChI=1S/C12H13ClN2O2S/c13-12-4-2-1-3-11(12)9-18(16,17)15-8-10-5-6-14-7-10/h1-7,14-15H,8-9H2. The van der Waals surface area contributed by atoms with Crippen LogP contribution in [0.15, 0.2) is 42.7 Å². The van der Waals surface area contributed by atoms with Crippen molar-refractivity contribution in [2.75, 3.05) is 0 Å². The molecule has 0 unspecified atom stereocenters. The van der Waals surface area contributed by atoms with Crippen LogP contribution in [0, 0.1) is 0 Å². The SMILES string of the molecule is O=S(=O)(Cc1ccccc1Cl)NCc1cc[nH]c1. The van der Waals surface area contributed by atoms with Crippen LogP contribution < -0.4 is 4.72 Å². The van der Waals surface area contributed by atoms with E-state index in [1.54, 1.807) is 36.7 Å². The molecule has 2 rings (SSSR count). The van der Waals surface area contributed by atoms with Crippen molar-refractivity contribution in [3.8, 4) is 0 Å². The Balaban J connectivity index is 2.02. The third-order valence-corrected chi connectivity index (χ3v) is 4.11. The molecule has 0 saturated heterocycles. The fourth-order valence-electron chi connectivity index (χ4n) is 1.53. The van der Waals surface area contributed by atoms with Crippen LogP contribution in [0.3, 0.4) is 0 Å². The van der Waals surface area contributed by atoms with E-state index < -0.39 is 10.0 Å². The van der Waals surface area contributed by atoms with Gasteiger partial charge in [0, 0.05) is 24.0 Å². The number of H-pyrrole nitrogens is 1. The number of aromatic amines is 1. The summed E-state index contributed by atoms with van der Waals surface area (Å²) in [4.78, 5) is 2.87. The van der Waals surface area contributed by atoms with Gasteiger partial charge in [-0.25, -0.2) is 13.1 Å². The van der Waals surface area contributed by atoms with Crippen molar-refractivity contribution >= 4 is 21.6 Å². The maximum Gasteiger partial charge on any atom is 0.216 e. The predicted molar refractivity (Wildman–Crippen MR) is 71.7 cm³/mol. The summed E-state index contributed by atoms with van der Waals surface area (Å²) in [6.45, 7) is 0.274. The summed E-state index contributed by atoms with van der Waals surface area (Å²) in [5.74, 6) is -0.114. The number of halogens is 1. The monoisotopic (exact) mass is 284 g/mol. The van der Waals surface area contributed by atoms with Crippen LogP contribution >= 0.6 is 11.6 Å². The number of rotatable bonds is 5. The number of hydrogen-bond donors (Lipinski definition) is 2. The van der Waals surface area contributed by atoms with Crippen molar-refractivity contribution < 1.29 is 8.42 Å². The minimum absolute atomic E-state index is 0.114. The van der Waals surface area contributed by atoms with Gasteiger partial charge in [-0.3, -0.25) is 0 Å². The Bertz CT molecular complexity index is 609. The summed E-state index contributed by atoms with van der Waals surface area (Å²) in [7, 11) is -3.38. The van der Waals surface area contributed by atoms with Gasteiger partial charge >= 0.3 is 0 Å². The first-order valence-electron chi connectivity index (χ1n) is 5.39. The summed E-state index contributed by atoms with van der Waals surface area (Å²) < 4.78 is 26.3. The lowest BCUT2D eigenvalue weighted by Gasteiger charge is -2.07. The fourth-order valence-corrected chi connectivity index (χ4v) is 2.96. The lowest BCUT2D eigenvalue weighted by Crippen LogP contribution is -2.24. The topological polar surface area (TPSA) is 62.0 Å². The van der Waals surface area contributed by atoms with Gasteiger partial charge in [0.2, 0.25) is 10.0 Å². The van der Waals surface area contributed by atoms with Gasteiger partial charge in [-0.2, -0.15) is 0 Å². The average Bonchev–Trinajstić information content (AvgIpc) is 2.83. The maximum absolute atomic E-state index is 11.9. The van der Waals surface area contributed by atoms with Gasteiger partial charge in [0.05, 0.1) is 5.75 Å². The molecule has 0 aliphatic heterocycles. The Kier molecular flexibility index (Phi) is 4.06. The molecule has 0 aliphatic rings. The molecular weight excluding hydrogens is 272 g/mol. The van der Waals surface area contributed by atoms with Gasteiger partial charge in [0.1, 0.15) is 0 Å². The van der Waals surface area contributed by atoms with Gasteiger partial charge < -0.3 is 4.98 Å². The molecule has 4 nitrogen and oxygen atoms in total. The molecule has 0 spiro atoms. The molecule has 0 atom stereocenters. The zero-order valence-corrected chi connectivity index (χ0v) is 11.1. The first-order chi connectivity index (χ1) is 8.57. The van der Waals surface area contributed by atoms with Gasteiger partial charge in [0.15, 0.2) is 0 Å². The maximum atomic E-state index is 11.9. The summed E-state index contributed by atoms with van der Waals surface area (Å²) in [5.41, 5.74) is 1.48. The van der Waals surface area contributed by atoms with Crippen molar-refractivity contribution in [3.05, 3.63) is 58.9 Å². The Morgan fingerprint density at radius 2 is 2.00 bits per heavy atom. The van der Waals surface area contributed by atoms with Crippen molar-refractivity contribution in [1.29, 1.82) is 0 Å². The zero-order valence-electron chi connectivity index (χ0n) is 9.56. The highest BCUT2D eigenvalue weighted by Gasteiger charge is 2.13. The lowest BCUT2D eigenvalue weighted by molar-refractivity contribution is 0.580. The second kappa shape index (κ2) is 5.56. The lowest BCUT2D eigenvalue weighted by atomic mass is 10.2. The Morgan fingerprint density at radius 1 is 1.22 bits per heavy atom. The van der Waals surface area contributed by atoms with E-state index in [0.717, 1.165) is 5.56 Å². The van der Waals surface area contributed by atoms with Crippen LogP contribution in [-0.4, -0.2) is 13.4 Å². The first-order valence-corrected chi connectivity index (χ1v) is 7.42. The molecule has 96 valence electrons. The molecule has 0 aliphatic carbocycles. The number of aromatic nitrogens is 1. The van der Waals surface area contributed by atoms with E-state index in [9.17, 15) is 8.42 Å². The van der Waals surface area contributed by atoms with E-state index in [0.29, 0.717) is 10.6 Å². The van der Waals surface area contributed by atoms with E-state index >= 15 is 0 Å². The van der Waals surface area contributed by atoms with E-state index in [4.69, 9.17) is 11.6 Å². The minimum Gasteiger partial charge on any atom is -0.367 e. The summed E-state index contributed by atoms with van der Waals surface area (Å²) >= 11 is 5.93. The van der Waals surface area contributed by atoms with Crippen LogP contribution in [-0.2, 0) is 22.3 Å². The molecule has 1 aromatic heterocycles. The van der Waals surface area contributed by atoms with Gasteiger partial charge in [-0.15, -0.1) is 0 Å². The molecule has 0 radical (unpaired) electrons. The number of nitrogens with one attached hydrogen (secondary N) is 2. The fraction of sp³-hybridized carbons (Fsp3) is 0.167. The first kappa shape index (κ1) is 13.1. The molecule has 2 aromatic rings. The van der Waals surface area contributed by atoms with Crippen LogP contribution in [0.5, 0.6) is 0 Å². The molecular formula is C12H13ClN2O2S. The molecule has 6 heteroatoms. The second-order valence-corrected chi connectivity index (χ2v) is 6.10. The van der Waals surface area contributed by atoms with Crippen molar-refractivity contribution in [2.24, 2.45) is 0 Å². The predicted octanol–water partition coefficient (Wildman–Crippen LogP) is 2.29. The highest BCUT2D eigenvalue weighted by Crippen LogP contribution is 2.17. The van der Waals surface area contributed by atoms with Crippen molar-refractivity contribution in [3.63, 3.8) is 0 Å². The van der Waals surface area contributed by atoms with Gasteiger partial charge in [-0.05, 0) is 23.3 Å². The molecule has 1 heterocycles. The van der Waals surface area contributed by atoms with Gasteiger partial charge in [-0.1, -0.05) is 29.8 Å². The van der Waals surface area contributed by atoms with Crippen LogP contribution in [0.4, 0.5) is 0 Å². The third kappa shape index (κ3) is 3.60. The molecule has 0 amide bonds. The Morgan fingerprint density at radius 3 is 2.67 bits per heavy atom. The quantitative estimate of drug-likeness (QED) is 0.885. The molecule has 0 saturated carbocycles. The Hall–Kier alpha value is -1.30. The molecule has 1 aromatic carbocycles. The van der Waals surface area contributed by atoms with Crippen molar-refractivity contribution in [2.45, 2.75) is 12.3 Å². The Labute approximate surface area is 111 Å². The number of benzene rings is 1. The summed E-state index contributed by atoms with van der Waals surface area (Å²) in [6, 6.07) is 8.74. The molecule has 0 bridgehead atoms. The zero-order chi connectivity index (χ0) is 13.0. The largest absolute Gasteiger partial charge is 0.367 e. The van der Waals surface area contributed by atoms with E-state index in [-0.39, 0.29) is 12.3 Å². The molecule has 2 N–H and O–H groups in total. The average molecular weight is 285 g/mol. The van der Waals surface area contributed by atoms with E-state index in [2.05, 4.69) is 9.71 Å².